The monoisotopic (exact) mass is 919 g/mol. The molecule has 0 bridgehead atoms. The maximum atomic E-state index is 12.9. The van der Waals surface area contributed by atoms with Crippen LogP contribution in [-0.2, 0) is 28.6 Å². The number of rotatable bonds is 54. The van der Waals surface area contributed by atoms with Gasteiger partial charge in [0.2, 0.25) is 0 Å². The van der Waals surface area contributed by atoms with E-state index in [1.807, 2.05) is 0 Å². The highest BCUT2D eigenvalue weighted by atomic mass is 16.6. The number of esters is 3. The molecule has 0 aromatic carbocycles. The van der Waals surface area contributed by atoms with E-state index < -0.39 is 6.10 Å². The van der Waals surface area contributed by atoms with Gasteiger partial charge in [0, 0.05) is 19.3 Å². The molecule has 386 valence electrons. The molecule has 65 heavy (non-hydrogen) atoms. The van der Waals surface area contributed by atoms with Crippen molar-refractivity contribution < 1.29 is 28.6 Å². The van der Waals surface area contributed by atoms with E-state index in [-0.39, 0.29) is 31.1 Å². The van der Waals surface area contributed by atoms with Gasteiger partial charge in [-0.1, -0.05) is 297 Å². The predicted molar refractivity (Wildman–Crippen MR) is 280 cm³/mol. The molecule has 6 heteroatoms. The summed E-state index contributed by atoms with van der Waals surface area (Å²) in [4.78, 5) is 38.2. The molecule has 0 radical (unpaired) electrons. The summed E-state index contributed by atoms with van der Waals surface area (Å²) in [6.45, 7) is 9.06. The van der Waals surface area contributed by atoms with E-state index in [2.05, 4.69) is 27.7 Å². The Kier molecular flexibility index (Phi) is 52.1. The molecule has 1 atom stereocenters. The Labute approximate surface area is 406 Å². The first kappa shape index (κ1) is 63.4. The molecule has 0 aromatic rings. The summed E-state index contributed by atoms with van der Waals surface area (Å²) in [5, 5.41) is 0. The molecular formula is C59H114O6. The van der Waals surface area contributed by atoms with E-state index in [1.54, 1.807) is 0 Å². The van der Waals surface area contributed by atoms with E-state index in [9.17, 15) is 14.4 Å². The first-order valence-corrected chi connectivity index (χ1v) is 29.4. The van der Waals surface area contributed by atoms with E-state index in [4.69, 9.17) is 14.2 Å². The lowest BCUT2D eigenvalue weighted by Crippen LogP contribution is -2.30. The summed E-state index contributed by atoms with van der Waals surface area (Å²) in [6, 6.07) is 0. The molecule has 0 aliphatic heterocycles. The zero-order valence-electron chi connectivity index (χ0n) is 44.5. The van der Waals surface area contributed by atoms with Crippen molar-refractivity contribution in [2.24, 2.45) is 5.92 Å². The van der Waals surface area contributed by atoms with Crippen molar-refractivity contribution >= 4 is 17.9 Å². The second-order valence-corrected chi connectivity index (χ2v) is 20.8. The van der Waals surface area contributed by atoms with Gasteiger partial charge in [0.1, 0.15) is 13.2 Å². The minimum Gasteiger partial charge on any atom is -0.462 e. The Morgan fingerprint density at radius 1 is 0.292 bits per heavy atom. The third kappa shape index (κ3) is 53.2. The molecule has 0 unspecified atom stereocenters. The number of hydrogen-bond donors (Lipinski definition) is 0. The average Bonchev–Trinajstić information content (AvgIpc) is 3.29. The van der Waals surface area contributed by atoms with Crippen LogP contribution in [0.2, 0.25) is 0 Å². The normalized spacial score (nSPS) is 12.0. The molecule has 0 saturated carbocycles. The fraction of sp³-hybridized carbons (Fsp3) is 0.949. The predicted octanol–water partition coefficient (Wildman–Crippen LogP) is 19.4. The SMILES string of the molecule is CCCCCCCCCCCCCCCCCCCC(=O)O[C@H](COC(=O)CCCCCCCCCCCCCCCCC)COC(=O)CCCCCCCCCCCCCCC(C)C. The summed E-state index contributed by atoms with van der Waals surface area (Å²) in [6.07, 6.45) is 58.0. The van der Waals surface area contributed by atoms with Gasteiger partial charge in [0.05, 0.1) is 0 Å². The molecule has 0 saturated heterocycles. The van der Waals surface area contributed by atoms with E-state index in [0.717, 1.165) is 63.7 Å². The second kappa shape index (κ2) is 53.4. The molecule has 0 aliphatic rings. The largest absolute Gasteiger partial charge is 0.462 e. The van der Waals surface area contributed by atoms with Crippen LogP contribution in [0.25, 0.3) is 0 Å². The molecule has 0 heterocycles. The third-order valence-electron chi connectivity index (χ3n) is 13.5. The number of ether oxygens (including phenoxy) is 3. The minimum atomic E-state index is -0.762. The van der Waals surface area contributed by atoms with Crippen molar-refractivity contribution in [3.63, 3.8) is 0 Å². The Morgan fingerprint density at radius 2 is 0.508 bits per heavy atom. The van der Waals surface area contributed by atoms with E-state index in [0.29, 0.717) is 19.3 Å². The smallest absolute Gasteiger partial charge is 0.306 e. The summed E-state index contributed by atoms with van der Waals surface area (Å²) in [7, 11) is 0. The second-order valence-electron chi connectivity index (χ2n) is 20.8. The lowest BCUT2D eigenvalue weighted by molar-refractivity contribution is -0.167. The van der Waals surface area contributed by atoms with Gasteiger partial charge in [-0.05, 0) is 25.2 Å². The zero-order chi connectivity index (χ0) is 47.4. The van der Waals surface area contributed by atoms with Gasteiger partial charge >= 0.3 is 17.9 Å². The molecule has 0 aromatic heterocycles. The number of carbonyl (C=O) groups is 3. The third-order valence-corrected chi connectivity index (χ3v) is 13.5. The Balaban J connectivity index is 4.30. The van der Waals surface area contributed by atoms with Crippen LogP contribution < -0.4 is 0 Å². The lowest BCUT2D eigenvalue weighted by Gasteiger charge is -2.18. The fourth-order valence-corrected chi connectivity index (χ4v) is 9.10. The van der Waals surface area contributed by atoms with Crippen LogP contribution in [0.1, 0.15) is 336 Å². The van der Waals surface area contributed by atoms with Crippen molar-refractivity contribution in [2.75, 3.05) is 13.2 Å². The van der Waals surface area contributed by atoms with Gasteiger partial charge in [-0.15, -0.1) is 0 Å². The topological polar surface area (TPSA) is 78.9 Å². The summed E-state index contributed by atoms with van der Waals surface area (Å²) >= 11 is 0. The summed E-state index contributed by atoms with van der Waals surface area (Å²) < 4.78 is 16.9. The van der Waals surface area contributed by atoms with Crippen LogP contribution in [0, 0.1) is 5.92 Å². The average molecular weight is 920 g/mol. The van der Waals surface area contributed by atoms with Crippen molar-refractivity contribution in [1.82, 2.24) is 0 Å². The molecular weight excluding hydrogens is 805 g/mol. The Morgan fingerprint density at radius 3 is 0.754 bits per heavy atom. The minimum absolute atomic E-state index is 0.0617. The number of hydrogen-bond acceptors (Lipinski definition) is 6. The maximum Gasteiger partial charge on any atom is 0.306 e. The van der Waals surface area contributed by atoms with Gasteiger partial charge in [-0.3, -0.25) is 14.4 Å². The van der Waals surface area contributed by atoms with Crippen LogP contribution in [0.3, 0.4) is 0 Å². The van der Waals surface area contributed by atoms with Gasteiger partial charge in [0.25, 0.3) is 0 Å². The van der Waals surface area contributed by atoms with E-state index in [1.165, 1.54) is 231 Å². The number of carbonyl (C=O) groups excluding carboxylic acids is 3. The Bertz CT molecular complexity index is 980. The van der Waals surface area contributed by atoms with Crippen LogP contribution >= 0.6 is 0 Å². The maximum absolute atomic E-state index is 12.9. The highest BCUT2D eigenvalue weighted by Gasteiger charge is 2.19. The first-order valence-electron chi connectivity index (χ1n) is 29.4. The van der Waals surface area contributed by atoms with Crippen LogP contribution in [0.4, 0.5) is 0 Å². The lowest BCUT2D eigenvalue weighted by atomic mass is 10.0. The summed E-state index contributed by atoms with van der Waals surface area (Å²) in [5.41, 5.74) is 0. The molecule has 0 rings (SSSR count). The van der Waals surface area contributed by atoms with Gasteiger partial charge in [-0.25, -0.2) is 0 Å². The van der Waals surface area contributed by atoms with Crippen molar-refractivity contribution in [3.05, 3.63) is 0 Å². The highest BCUT2D eigenvalue weighted by Crippen LogP contribution is 2.18. The molecule has 0 aliphatic carbocycles. The van der Waals surface area contributed by atoms with Crippen LogP contribution in [0.5, 0.6) is 0 Å². The van der Waals surface area contributed by atoms with Crippen molar-refractivity contribution in [3.8, 4) is 0 Å². The molecule has 0 amide bonds. The molecule has 6 nitrogen and oxygen atoms in total. The summed E-state index contributed by atoms with van der Waals surface area (Å²) in [5.74, 6) is 0.0000240. The molecule has 0 N–H and O–H groups in total. The Hall–Kier alpha value is -1.59. The molecule has 0 spiro atoms. The van der Waals surface area contributed by atoms with Gasteiger partial charge < -0.3 is 14.2 Å². The van der Waals surface area contributed by atoms with Crippen LogP contribution in [-0.4, -0.2) is 37.2 Å². The van der Waals surface area contributed by atoms with Gasteiger partial charge in [0.15, 0.2) is 6.10 Å². The van der Waals surface area contributed by atoms with Crippen molar-refractivity contribution in [1.29, 1.82) is 0 Å². The standard InChI is InChI=1S/C59H114O6/c1-5-7-9-11-13-15-17-19-21-22-24-26-32-36-40-44-48-52-59(62)65-56(53-63-57(60)50-46-42-38-34-30-25-23-20-18-16-14-12-10-8-6-2)54-64-58(61)51-47-43-39-35-31-28-27-29-33-37-41-45-49-55(3)4/h55-56H,5-54H2,1-4H3/t56-/m1/s1. The zero-order valence-corrected chi connectivity index (χ0v) is 44.5. The fourth-order valence-electron chi connectivity index (χ4n) is 9.10. The van der Waals surface area contributed by atoms with Crippen LogP contribution in [0.15, 0.2) is 0 Å². The van der Waals surface area contributed by atoms with Crippen molar-refractivity contribution in [2.45, 2.75) is 342 Å². The highest BCUT2D eigenvalue weighted by molar-refractivity contribution is 5.71. The number of unbranched alkanes of at least 4 members (excludes halogenated alkanes) is 41. The molecule has 0 fully saturated rings. The van der Waals surface area contributed by atoms with E-state index >= 15 is 0 Å². The quantitative estimate of drug-likeness (QED) is 0.0344. The first-order chi connectivity index (χ1) is 31.9. The van der Waals surface area contributed by atoms with Gasteiger partial charge in [-0.2, -0.15) is 0 Å².